The smallest absolute Gasteiger partial charge is 0.203 e. The number of ether oxygens (including phenoxy) is 3. The third-order valence-electron chi connectivity index (χ3n) is 3.67. The van der Waals surface area contributed by atoms with Crippen LogP contribution < -0.4 is 14.2 Å². The highest BCUT2D eigenvalue weighted by Gasteiger charge is 2.14. The molecule has 0 saturated heterocycles. The van der Waals surface area contributed by atoms with Crippen LogP contribution in [0.2, 0.25) is 5.02 Å². The molecule has 0 atom stereocenters. The van der Waals surface area contributed by atoms with Gasteiger partial charge < -0.3 is 18.8 Å². The molecule has 0 aliphatic heterocycles. The molecule has 0 N–H and O–H groups in total. The molecule has 0 unspecified atom stereocenters. The van der Waals surface area contributed by atoms with Crippen LogP contribution in [0, 0.1) is 0 Å². The topological polar surface area (TPSA) is 45.5 Å². The highest BCUT2D eigenvalue weighted by atomic mass is 35.5. The molecule has 1 aromatic heterocycles. The summed E-state index contributed by atoms with van der Waals surface area (Å²) in [5.41, 5.74) is 2.70. The Bertz CT molecular complexity index is 819. The van der Waals surface area contributed by atoms with Gasteiger partial charge in [0.1, 0.15) is 0 Å². The van der Waals surface area contributed by atoms with Gasteiger partial charge in [0.15, 0.2) is 11.5 Å². The number of nitrogens with zero attached hydrogens (tertiary/aromatic N) is 2. The molecule has 0 saturated carbocycles. The van der Waals surface area contributed by atoms with Crippen LogP contribution in [0.15, 0.2) is 48.9 Å². The summed E-state index contributed by atoms with van der Waals surface area (Å²) in [6.07, 6.45) is 3.68. The lowest BCUT2D eigenvalue weighted by Crippen LogP contribution is -1.98. The summed E-state index contributed by atoms with van der Waals surface area (Å²) in [5.74, 6) is 1.74. The summed E-state index contributed by atoms with van der Waals surface area (Å²) >= 11 is 5.93. The number of aromatic nitrogens is 2. The normalized spacial score (nSPS) is 10.5. The van der Waals surface area contributed by atoms with E-state index < -0.39 is 0 Å². The first-order valence-corrected chi connectivity index (χ1v) is 7.64. The van der Waals surface area contributed by atoms with Crippen molar-refractivity contribution in [2.45, 2.75) is 0 Å². The first-order valence-electron chi connectivity index (χ1n) is 7.26. The van der Waals surface area contributed by atoms with Gasteiger partial charge in [-0.25, -0.2) is 4.98 Å². The fourth-order valence-corrected chi connectivity index (χ4v) is 2.58. The van der Waals surface area contributed by atoms with E-state index >= 15 is 0 Å². The van der Waals surface area contributed by atoms with Crippen molar-refractivity contribution in [3.05, 3.63) is 53.9 Å². The van der Waals surface area contributed by atoms with E-state index in [4.69, 9.17) is 25.8 Å². The van der Waals surface area contributed by atoms with E-state index in [1.165, 1.54) is 0 Å². The lowest BCUT2D eigenvalue weighted by Gasteiger charge is -2.14. The number of hydrogen-bond acceptors (Lipinski definition) is 4. The second-order valence-electron chi connectivity index (χ2n) is 5.06. The van der Waals surface area contributed by atoms with Crippen LogP contribution in [-0.2, 0) is 0 Å². The number of rotatable bonds is 5. The van der Waals surface area contributed by atoms with Crippen molar-refractivity contribution in [3.8, 4) is 34.2 Å². The van der Waals surface area contributed by atoms with Gasteiger partial charge in [0.2, 0.25) is 5.75 Å². The van der Waals surface area contributed by atoms with Crippen molar-refractivity contribution in [1.29, 1.82) is 0 Å². The first kappa shape index (κ1) is 16.2. The van der Waals surface area contributed by atoms with Crippen LogP contribution in [0.4, 0.5) is 0 Å². The Hall–Kier alpha value is -2.66. The SMILES string of the molecule is COc1cc(-n2cnc(-c3ccc(Cl)cc3)c2)cc(OC)c1OC. The third kappa shape index (κ3) is 3.03. The predicted molar refractivity (Wildman–Crippen MR) is 93.7 cm³/mol. The zero-order chi connectivity index (χ0) is 17.1. The monoisotopic (exact) mass is 344 g/mol. The van der Waals surface area contributed by atoms with Crippen molar-refractivity contribution in [2.24, 2.45) is 0 Å². The molecule has 124 valence electrons. The Morgan fingerprint density at radius 3 is 2.08 bits per heavy atom. The van der Waals surface area contributed by atoms with Crippen LogP contribution in [0.3, 0.4) is 0 Å². The maximum absolute atomic E-state index is 5.93. The van der Waals surface area contributed by atoms with Crippen molar-refractivity contribution in [1.82, 2.24) is 9.55 Å². The Kier molecular flexibility index (Phi) is 4.62. The largest absolute Gasteiger partial charge is 0.493 e. The van der Waals surface area contributed by atoms with Crippen LogP contribution in [-0.4, -0.2) is 30.9 Å². The Labute approximate surface area is 145 Å². The molecular weight excluding hydrogens is 328 g/mol. The standard InChI is InChI=1S/C18H17ClN2O3/c1-22-16-8-14(9-17(23-2)18(16)24-3)21-10-15(20-11-21)12-4-6-13(19)7-5-12/h4-11H,1-3H3. The summed E-state index contributed by atoms with van der Waals surface area (Å²) in [4.78, 5) is 4.45. The lowest BCUT2D eigenvalue weighted by atomic mass is 10.2. The van der Waals surface area contributed by atoms with Crippen LogP contribution in [0.1, 0.15) is 0 Å². The van der Waals surface area contributed by atoms with Crippen molar-refractivity contribution in [2.75, 3.05) is 21.3 Å². The number of benzene rings is 2. The third-order valence-corrected chi connectivity index (χ3v) is 3.92. The van der Waals surface area contributed by atoms with Crippen molar-refractivity contribution >= 4 is 11.6 Å². The molecule has 1 heterocycles. The minimum absolute atomic E-state index is 0.557. The molecular formula is C18H17ClN2O3. The minimum atomic E-state index is 0.557. The van der Waals surface area contributed by atoms with Crippen LogP contribution >= 0.6 is 11.6 Å². The number of imidazole rings is 1. The zero-order valence-electron chi connectivity index (χ0n) is 13.6. The second-order valence-corrected chi connectivity index (χ2v) is 5.49. The predicted octanol–water partition coefficient (Wildman–Crippen LogP) is 4.22. The van der Waals surface area contributed by atoms with E-state index in [9.17, 15) is 0 Å². The van der Waals surface area contributed by atoms with Crippen LogP contribution in [0.25, 0.3) is 16.9 Å². The number of hydrogen-bond donors (Lipinski definition) is 0. The lowest BCUT2D eigenvalue weighted by molar-refractivity contribution is 0.324. The quantitative estimate of drug-likeness (QED) is 0.695. The second kappa shape index (κ2) is 6.84. The Morgan fingerprint density at radius 1 is 0.917 bits per heavy atom. The maximum atomic E-state index is 5.93. The van der Waals surface area contributed by atoms with E-state index in [0.29, 0.717) is 22.3 Å². The van der Waals surface area contributed by atoms with Gasteiger partial charge in [0.25, 0.3) is 0 Å². The summed E-state index contributed by atoms with van der Waals surface area (Å²) in [5, 5.41) is 0.697. The highest BCUT2D eigenvalue weighted by Crippen LogP contribution is 2.39. The van der Waals surface area contributed by atoms with Crippen LogP contribution in [0.5, 0.6) is 17.2 Å². The molecule has 0 aliphatic rings. The molecule has 2 aromatic carbocycles. The van der Waals surface area contributed by atoms with E-state index in [1.807, 2.05) is 47.2 Å². The van der Waals surface area contributed by atoms with E-state index in [-0.39, 0.29) is 0 Å². The average Bonchev–Trinajstić information content (AvgIpc) is 3.11. The van der Waals surface area contributed by atoms with Gasteiger partial charge >= 0.3 is 0 Å². The average molecular weight is 345 g/mol. The minimum Gasteiger partial charge on any atom is -0.493 e. The van der Waals surface area contributed by atoms with Gasteiger partial charge in [-0.15, -0.1) is 0 Å². The number of methoxy groups -OCH3 is 3. The molecule has 24 heavy (non-hydrogen) atoms. The van der Waals surface area contributed by atoms with Gasteiger partial charge in [-0.2, -0.15) is 0 Å². The van der Waals surface area contributed by atoms with Gasteiger partial charge in [-0.1, -0.05) is 23.7 Å². The summed E-state index contributed by atoms with van der Waals surface area (Å²) in [6.45, 7) is 0. The Morgan fingerprint density at radius 2 is 1.54 bits per heavy atom. The molecule has 0 aliphatic carbocycles. The first-order chi connectivity index (χ1) is 11.7. The van der Waals surface area contributed by atoms with Crippen molar-refractivity contribution in [3.63, 3.8) is 0 Å². The van der Waals surface area contributed by atoms with Gasteiger partial charge in [0.05, 0.1) is 39.0 Å². The molecule has 0 bridgehead atoms. The molecule has 0 radical (unpaired) electrons. The fourth-order valence-electron chi connectivity index (χ4n) is 2.45. The molecule has 3 rings (SSSR count). The molecule has 0 spiro atoms. The van der Waals surface area contributed by atoms with E-state index in [1.54, 1.807) is 27.7 Å². The van der Waals surface area contributed by atoms with E-state index in [0.717, 1.165) is 16.9 Å². The summed E-state index contributed by atoms with van der Waals surface area (Å²) in [6, 6.07) is 11.3. The molecule has 6 heteroatoms. The van der Waals surface area contributed by atoms with Gasteiger partial charge in [0, 0.05) is 28.9 Å². The number of halogens is 1. The molecule has 0 fully saturated rings. The van der Waals surface area contributed by atoms with Gasteiger partial charge in [-0.05, 0) is 12.1 Å². The highest BCUT2D eigenvalue weighted by molar-refractivity contribution is 6.30. The maximum Gasteiger partial charge on any atom is 0.203 e. The Balaban J connectivity index is 2.02. The summed E-state index contributed by atoms with van der Waals surface area (Å²) < 4.78 is 18.0. The fraction of sp³-hybridized carbons (Fsp3) is 0.167. The molecule has 3 aromatic rings. The molecule has 0 amide bonds. The zero-order valence-corrected chi connectivity index (χ0v) is 14.4. The summed E-state index contributed by atoms with van der Waals surface area (Å²) in [7, 11) is 4.76. The van der Waals surface area contributed by atoms with E-state index in [2.05, 4.69) is 4.98 Å². The molecule has 5 nitrogen and oxygen atoms in total. The van der Waals surface area contributed by atoms with Crippen molar-refractivity contribution < 1.29 is 14.2 Å². The van der Waals surface area contributed by atoms with Gasteiger partial charge in [-0.3, -0.25) is 0 Å².